The Labute approximate surface area is 137 Å². The monoisotopic (exact) mass is 331 g/mol. The van der Waals surface area contributed by atoms with E-state index in [-0.39, 0.29) is 24.2 Å². The lowest BCUT2D eigenvalue weighted by atomic mass is 10.2. The van der Waals surface area contributed by atoms with Crippen LogP contribution in [0, 0.1) is 11.6 Å². The van der Waals surface area contributed by atoms with Gasteiger partial charge in [0.25, 0.3) is 0 Å². The lowest BCUT2D eigenvalue weighted by Gasteiger charge is -2.17. The van der Waals surface area contributed by atoms with Crippen LogP contribution in [0.3, 0.4) is 0 Å². The van der Waals surface area contributed by atoms with E-state index in [4.69, 9.17) is 0 Å². The minimum Gasteiger partial charge on any atom is -0.333 e. The Kier molecular flexibility index (Phi) is 4.41. The van der Waals surface area contributed by atoms with Crippen LogP contribution in [-0.2, 0) is 4.79 Å². The summed E-state index contributed by atoms with van der Waals surface area (Å²) in [5, 5.41) is 5.28. The maximum atomic E-state index is 13.0. The van der Waals surface area contributed by atoms with Crippen molar-refractivity contribution < 1.29 is 18.4 Å². The maximum Gasteiger partial charge on any atom is 0.319 e. The predicted octanol–water partition coefficient (Wildman–Crippen LogP) is 2.89. The molecule has 2 N–H and O–H groups in total. The third-order valence-electron chi connectivity index (χ3n) is 3.70. The molecule has 1 aliphatic rings. The van der Waals surface area contributed by atoms with Crippen LogP contribution in [-0.4, -0.2) is 24.5 Å². The smallest absolute Gasteiger partial charge is 0.319 e. The van der Waals surface area contributed by atoms with Gasteiger partial charge in [0, 0.05) is 24.3 Å². The summed E-state index contributed by atoms with van der Waals surface area (Å²) in [6.45, 7) is 0.307. The first-order valence-corrected chi connectivity index (χ1v) is 7.40. The molecule has 1 fully saturated rings. The SMILES string of the molecule is O=C(Nc1ccc(F)cc1)N[C@H]1CC(=O)N(c2ccc(F)cc2)C1. The van der Waals surface area contributed by atoms with E-state index in [0.717, 1.165) is 0 Å². The molecule has 0 unspecified atom stereocenters. The molecule has 1 saturated heterocycles. The fourth-order valence-electron chi connectivity index (χ4n) is 2.56. The number of amides is 3. The zero-order valence-corrected chi connectivity index (χ0v) is 12.6. The average Bonchev–Trinajstić information content (AvgIpc) is 2.90. The highest BCUT2D eigenvalue weighted by Crippen LogP contribution is 2.22. The van der Waals surface area contributed by atoms with Crippen molar-refractivity contribution in [2.75, 3.05) is 16.8 Å². The van der Waals surface area contributed by atoms with Gasteiger partial charge in [-0.1, -0.05) is 0 Å². The summed E-state index contributed by atoms with van der Waals surface area (Å²) in [6.07, 6.45) is 0.161. The van der Waals surface area contributed by atoms with Gasteiger partial charge >= 0.3 is 6.03 Å². The second-order valence-corrected chi connectivity index (χ2v) is 5.49. The van der Waals surface area contributed by atoms with Crippen molar-refractivity contribution in [2.45, 2.75) is 12.5 Å². The Hall–Kier alpha value is -2.96. The Morgan fingerprint density at radius 3 is 2.21 bits per heavy atom. The third kappa shape index (κ3) is 3.68. The van der Waals surface area contributed by atoms with Crippen molar-refractivity contribution >= 4 is 23.3 Å². The first kappa shape index (κ1) is 15.9. The molecule has 1 heterocycles. The number of hydrogen-bond donors (Lipinski definition) is 2. The van der Waals surface area contributed by atoms with Gasteiger partial charge in [0.15, 0.2) is 0 Å². The Bertz CT molecular complexity index is 747. The van der Waals surface area contributed by atoms with E-state index in [0.29, 0.717) is 17.9 Å². The lowest BCUT2D eigenvalue weighted by molar-refractivity contribution is -0.117. The lowest BCUT2D eigenvalue weighted by Crippen LogP contribution is -2.39. The molecule has 24 heavy (non-hydrogen) atoms. The summed E-state index contributed by atoms with van der Waals surface area (Å²) in [6, 6.07) is 10.1. The highest BCUT2D eigenvalue weighted by molar-refractivity contribution is 5.97. The van der Waals surface area contributed by atoms with Gasteiger partial charge in [-0.05, 0) is 48.5 Å². The molecule has 1 aliphatic heterocycles. The van der Waals surface area contributed by atoms with Crippen LogP contribution in [0.2, 0.25) is 0 Å². The number of hydrogen-bond acceptors (Lipinski definition) is 2. The van der Waals surface area contributed by atoms with Crippen LogP contribution in [0.25, 0.3) is 0 Å². The summed E-state index contributed by atoms with van der Waals surface area (Å²) >= 11 is 0. The van der Waals surface area contributed by atoms with E-state index >= 15 is 0 Å². The predicted molar refractivity (Wildman–Crippen MR) is 85.7 cm³/mol. The van der Waals surface area contributed by atoms with Gasteiger partial charge in [-0.3, -0.25) is 4.79 Å². The van der Waals surface area contributed by atoms with Crippen LogP contribution in [0.1, 0.15) is 6.42 Å². The van der Waals surface area contributed by atoms with Crippen molar-refractivity contribution in [1.29, 1.82) is 0 Å². The minimum atomic E-state index is -0.472. The summed E-state index contributed by atoms with van der Waals surface area (Å²) in [5.41, 5.74) is 1.04. The minimum absolute atomic E-state index is 0.145. The number of urea groups is 1. The molecule has 0 radical (unpaired) electrons. The number of nitrogens with zero attached hydrogens (tertiary/aromatic N) is 1. The topological polar surface area (TPSA) is 61.4 Å². The normalized spacial score (nSPS) is 17.0. The van der Waals surface area contributed by atoms with Gasteiger partial charge in [0.05, 0.1) is 6.04 Å². The van der Waals surface area contributed by atoms with Gasteiger partial charge in [-0.15, -0.1) is 0 Å². The molecule has 2 aromatic carbocycles. The first-order valence-electron chi connectivity index (χ1n) is 7.40. The van der Waals surface area contributed by atoms with Gasteiger partial charge in [0.2, 0.25) is 5.91 Å². The maximum absolute atomic E-state index is 13.0. The van der Waals surface area contributed by atoms with Gasteiger partial charge in [-0.25, -0.2) is 13.6 Å². The number of nitrogens with one attached hydrogen (secondary N) is 2. The van der Waals surface area contributed by atoms with E-state index in [2.05, 4.69) is 10.6 Å². The van der Waals surface area contributed by atoms with Crippen LogP contribution in [0.4, 0.5) is 25.0 Å². The van der Waals surface area contributed by atoms with Gasteiger partial charge in [0.1, 0.15) is 11.6 Å². The van der Waals surface area contributed by atoms with Crippen LogP contribution >= 0.6 is 0 Å². The Balaban J connectivity index is 1.58. The molecule has 0 aliphatic carbocycles. The largest absolute Gasteiger partial charge is 0.333 e. The fourth-order valence-corrected chi connectivity index (χ4v) is 2.56. The Morgan fingerprint density at radius 1 is 1.00 bits per heavy atom. The van der Waals surface area contributed by atoms with Crippen molar-refractivity contribution in [3.8, 4) is 0 Å². The van der Waals surface area contributed by atoms with Crippen LogP contribution in [0.15, 0.2) is 48.5 Å². The van der Waals surface area contributed by atoms with E-state index in [1.807, 2.05) is 0 Å². The van der Waals surface area contributed by atoms with E-state index in [1.165, 1.54) is 53.4 Å². The standard InChI is InChI=1S/C17H15F2N3O2/c18-11-1-5-13(6-2-11)20-17(24)21-14-9-16(23)22(10-14)15-7-3-12(19)4-8-15/h1-8,14H,9-10H2,(H2,20,21,24)/t14-/m0/s1. The molecule has 5 nitrogen and oxygen atoms in total. The summed E-state index contributed by atoms with van der Waals surface area (Å²) < 4.78 is 25.8. The summed E-state index contributed by atoms with van der Waals surface area (Å²) in [4.78, 5) is 25.5. The molecule has 3 rings (SSSR count). The van der Waals surface area contributed by atoms with Gasteiger partial charge < -0.3 is 15.5 Å². The van der Waals surface area contributed by atoms with Crippen molar-refractivity contribution in [3.05, 3.63) is 60.2 Å². The van der Waals surface area contributed by atoms with Crippen molar-refractivity contribution in [1.82, 2.24) is 5.32 Å². The van der Waals surface area contributed by atoms with E-state index < -0.39 is 11.8 Å². The molecule has 3 amide bonds. The van der Waals surface area contributed by atoms with Crippen LogP contribution < -0.4 is 15.5 Å². The zero-order valence-electron chi connectivity index (χ0n) is 12.6. The highest BCUT2D eigenvalue weighted by atomic mass is 19.1. The first-order chi connectivity index (χ1) is 11.5. The molecule has 1 atom stereocenters. The van der Waals surface area contributed by atoms with Crippen molar-refractivity contribution in [3.63, 3.8) is 0 Å². The van der Waals surface area contributed by atoms with E-state index in [9.17, 15) is 18.4 Å². The number of rotatable bonds is 3. The number of halogens is 2. The molecule has 7 heteroatoms. The third-order valence-corrected chi connectivity index (χ3v) is 3.70. The molecule has 2 aromatic rings. The Morgan fingerprint density at radius 2 is 1.58 bits per heavy atom. The van der Waals surface area contributed by atoms with Gasteiger partial charge in [-0.2, -0.15) is 0 Å². The average molecular weight is 331 g/mol. The molecule has 124 valence electrons. The number of benzene rings is 2. The number of carbonyl (C=O) groups is 2. The second kappa shape index (κ2) is 6.66. The number of carbonyl (C=O) groups excluding carboxylic acids is 2. The highest BCUT2D eigenvalue weighted by Gasteiger charge is 2.31. The summed E-state index contributed by atoms with van der Waals surface area (Å²) in [5.74, 6) is -0.912. The fraction of sp³-hybridized carbons (Fsp3) is 0.176. The molecule has 0 saturated carbocycles. The van der Waals surface area contributed by atoms with Crippen LogP contribution in [0.5, 0.6) is 0 Å². The van der Waals surface area contributed by atoms with E-state index in [1.54, 1.807) is 0 Å². The zero-order chi connectivity index (χ0) is 17.1. The quantitative estimate of drug-likeness (QED) is 0.908. The molecule has 0 aromatic heterocycles. The number of anilines is 2. The van der Waals surface area contributed by atoms with Crippen molar-refractivity contribution in [2.24, 2.45) is 0 Å². The second-order valence-electron chi connectivity index (χ2n) is 5.49. The molecule has 0 bridgehead atoms. The molecular formula is C17H15F2N3O2. The molecule has 0 spiro atoms. The summed E-state index contributed by atoms with van der Waals surface area (Å²) in [7, 11) is 0. The molecular weight excluding hydrogens is 316 g/mol.